The van der Waals surface area contributed by atoms with Crippen LogP contribution in [0, 0.1) is 5.82 Å². The molecule has 1 aromatic carbocycles. The van der Waals surface area contributed by atoms with Crippen LogP contribution >= 0.6 is 11.6 Å². The molecule has 0 aliphatic heterocycles. The summed E-state index contributed by atoms with van der Waals surface area (Å²) in [6.07, 6.45) is 1.56. The second-order valence-corrected chi connectivity index (χ2v) is 3.57. The summed E-state index contributed by atoms with van der Waals surface area (Å²) in [5.41, 5.74) is 6.29. The second-order valence-electron chi connectivity index (χ2n) is 3.16. The number of para-hydroxylation sites is 1. The molecule has 0 saturated carbocycles. The molecule has 0 radical (unpaired) electrons. The number of benzene rings is 1. The third-order valence-corrected chi connectivity index (χ3v) is 2.36. The van der Waals surface area contributed by atoms with Crippen molar-refractivity contribution in [3.05, 3.63) is 47.4 Å². The van der Waals surface area contributed by atoms with Crippen LogP contribution in [0.2, 0.25) is 5.02 Å². The van der Waals surface area contributed by atoms with Crippen molar-refractivity contribution in [1.29, 1.82) is 0 Å². The molecule has 82 valence electrons. The summed E-state index contributed by atoms with van der Waals surface area (Å²) in [5, 5.41) is 3.05. The first-order valence-corrected chi connectivity index (χ1v) is 4.98. The molecule has 16 heavy (non-hydrogen) atoms. The van der Waals surface area contributed by atoms with Gasteiger partial charge in [0.15, 0.2) is 5.82 Å². The van der Waals surface area contributed by atoms with Crippen LogP contribution in [0.3, 0.4) is 0 Å². The molecule has 3 nitrogen and oxygen atoms in total. The highest BCUT2D eigenvalue weighted by Crippen LogP contribution is 2.29. The van der Waals surface area contributed by atoms with Gasteiger partial charge in [0.2, 0.25) is 0 Å². The van der Waals surface area contributed by atoms with Crippen LogP contribution in [0.4, 0.5) is 21.6 Å². The van der Waals surface area contributed by atoms with Crippen molar-refractivity contribution >= 4 is 28.8 Å². The Balaban J connectivity index is 2.38. The van der Waals surface area contributed by atoms with E-state index in [1.807, 2.05) is 0 Å². The number of nitrogens with one attached hydrogen (secondary N) is 1. The third kappa shape index (κ3) is 2.06. The first-order chi connectivity index (χ1) is 7.68. The lowest BCUT2D eigenvalue weighted by Gasteiger charge is -2.09. The Kier molecular flexibility index (Phi) is 2.92. The van der Waals surface area contributed by atoms with Gasteiger partial charge in [0.25, 0.3) is 0 Å². The fourth-order valence-corrected chi connectivity index (χ4v) is 1.47. The molecule has 0 fully saturated rings. The van der Waals surface area contributed by atoms with Crippen molar-refractivity contribution < 1.29 is 4.39 Å². The van der Waals surface area contributed by atoms with E-state index in [1.54, 1.807) is 24.4 Å². The summed E-state index contributed by atoms with van der Waals surface area (Å²) in [5.74, 6) is -0.0629. The van der Waals surface area contributed by atoms with Gasteiger partial charge >= 0.3 is 0 Å². The lowest BCUT2D eigenvalue weighted by molar-refractivity contribution is 0.632. The first-order valence-electron chi connectivity index (χ1n) is 4.60. The monoisotopic (exact) mass is 237 g/mol. The van der Waals surface area contributed by atoms with Crippen molar-refractivity contribution in [2.24, 2.45) is 0 Å². The Morgan fingerprint density at radius 2 is 2.06 bits per heavy atom. The number of pyridine rings is 1. The van der Waals surface area contributed by atoms with E-state index in [-0.39, 0.29) is 10.7 Å². The van der Waals surface area contributed by atoms with E-state index in [9.17, 15) is 4.39 Å². The maximum Gasteiger partial charge on any atom is 0.153 e. The zero-order valence-electron chi connectivity index (χ0n) is 8.24. The topological polar surface area (TPSA) is 50.9 Å². The number of rotatable bonds is 2. The zero-order chi connectivity index (χ0) is 11.5. The molecule has 0 unspecified atom stereocenters. The number of aromatic nitrogens is 1. The minimum atomic E-state index is -0.447. The van der Waals surface area contributed by atoms with E-state index in [1.165, 1.54) is 12.1 Å². The van der Waals surface area contributed by atoms with Crippen LogP contribution < -0.4 is 11.1 Å². The molecule has 0 aliphatic rings. The van der Waals surface area contributed by atoms with Crippen molar-refractivity contribution in [2.45, 2.75) is 0 Å². The lowest BCUT2D eigenvalue weighted by atomic mass is 10.3. The molecule has 2 rings (SSSR count). The predicted molar refractivity (Wildman–Crippen MR) is 63.3 cm³/mol. The molecule has 0 atom stereocenters. The number of nitrogens with zero attached hydrogens (tertiary/aromatic N) is 1. The Morgan fingerprint density at radius 3 is 2.75 bits per heavy atom. The summed E-state index contributed by atoms with van der Waals surface area (Å²) in [4.78, 5) is 3.99. The average Bonchev–Trinajstić information content (AvgIpc) is 2.26. The maximum absolute atomic E-state index is 13.5. The number of anilines is 3. The van der Waals surface area contributed by atoms with E-state index < -0.39 is 5.82 Å². The highest BCUT2D eigenvalue weighted by molar-refractivity contribution is 6.33. The number of halogens is 2. The summed E-state index contributed by atoms with van der Waals surface area (Å²) in [7, 11) is 0. The first kappa shape index (κ1) is 10.7. The molecule has 0 amide bonds. The molecule has 3 N–H and O–H groups in total. The standard InChI is InChI=1S/C11H9ClFN3/c12-7-3-1-4-8(13)10(7)16-11-9(14)5-2-6-15-11/h1-6H,14H2,(H,15,16). The SMILES string of the molecule is Nc1cccnc1Nc1c(F)cccc1Cl. The summed E-state index contributed by atoms with van der Waals surface area (Å²) < 4.78 is 13.5. The molecular formula is C11H9ClFN3. The lowest BCUT2D eigenvalue weighted by Crippen LogP contribution is -2.00. The third-order valence-electron chi connectivity index (χ3n) is 2.05. The molecule has 1 heterocycles. The Labute approximate surface area is 97.1 Å². The van der Waals surface area contributed by atoms with E-state index >= 15 is 0 Å². The predicted octanol–water partition coefficient (Wildman–Crippen LogP) is 3.20. The molecule has 0 spiro atoms. The number of nitrogens with two attached hydrogens (primary N) is 1. The minimum Gasteiger partial charge on any atom is -0.396 e. The summed E-state index contributed by atoms with van der Waals surface area (Å²) in [6, 6.07) is 7.80. The maximum atomic E-state index is 13.5. The molecule has 1 aromatic heterocycles. The van der Waals surface area contributed by atoms with Crippen LogP contribution in [0.15, 0.2) is 36.5 Å². The Morgan fingerprint density at radius 1 is 1.25 bits per heavy atom. The normalized spacial score (nSPS) is 10.1. The zero-order valence-corrected chi connectivity index (χ0v) is 9.00. The molecule has 0 saturated heterocycles. The van der Waals surface area contributed by atoms with Crippen LogP contribution in [0.5, 0.6) is 0 Å². The fourth-order valence-electron chi connectivity index (χ4n) is 1.26. The van der Waals surface area contributed by atoms with E-state index in [4.69, 9.17) is 17.3 Å². The Hall–Kier alpha value is -1.81. The van der Waals surface area contributed by atoms with Gasteiger partial charge in [0, 0.05) is 6.20 Å². The van der Waals surface area contributed by atoms with Crippen LogP contribution in [-0.4, -0.2) is 4.98 Å². The highest BCUT2D eigenvalue weighted by Gasteiger charge is 2.08. The molecule has 2 aromatic rings. The minimum absolute atomic E-state index is 0.176. The van der Waals surface area contributed by atoms with Gasteiger partial charge < -0.3 is 11.1 Å². The number of hydrogen-bond acceptors (Lipinski definition) is 3. The van der Waals surface area contributed by atoms with Gasteiger partial charge in [-0.05, 0) is 24.3 Å². The quantitative estimate of drug-likeness (QED) is 0.843. The summed E-state index contributed by atoms with van der Waals surface area (Å²) in [6.45, 7) is 0. The molecule has 0 aliphatic carbocycles. The van der Waals surface area contributed by atoms with Crippen molar-refractivity contribution in [1.82, 2.24) is 4.98 Å². The van der Waals surface area contributed by atoms with E-state index in [2.05, 4.69) is 10.3 Å². The van der Waals surface area contributed by atoms with Gasteiger partial charge in [-0.15, -0.1) is 0 Å². The van der Waals surface area contributed by atoms with Gasteiger partial charge in [0.05, 0.1) is 16.4 Å². The van der Waals surface area contributed by atoms with Gasteiger partial charge in [0.1, 0.15) is 5.82 Å². The largest absolute Gasteiger partial charge is 0.396 e. The van der Waals surface area contributed by atoms with Crippen LogP contribution in [0.25, 0.3) is 0 Å². The molecule has 0 bridgehead atoms. The smallest absolute Gasteiger partial charge is 0.153 e. The number of hydrogen-bond donors (Lipinski definition) is 2. The van der Waals surface area contributed by atoms with Crippen LogP contribution in [-0.2, 0) is 0 Å². The van der Waals surface area contributed by atoms with Gasteiger partial charge in [-0.25, -0.2) is 9.37 Å². The Bertz CT molecular complexity index is 496. The van der Waals surface area contributed by atoms with Crippen molar-refractivity contribution in [3.63, 3.8) is 0 Å². The van der Waals surface area contributed by atoms with E-state index in [0.29, 0.717) is 11.5 Å². The van der Waals surface area contributed by atoms with Gasteiger partial charge in [-0.2, -0.15) is 0 Å². The highest BCUT2D eigenvalue weighted by atomic mass is 35.5. The molecule has 5 heteroatoms. The average molecular weight is 238 g/mol. The van der Waals surface area contributed by atoms with Gasteiger partial charge in [-0.1, -0.05) is 17.7 Å². The van der Waals surface area contributed by atoms with Crippen molar-refractivity contribution in [3.8, 4) is 0 Å². The summed E-state index contributed by atoms with van der Waals surface area (Å²) >= 11 is 5.86. The van der Waals surface area contributed by atoms with Gasteiger partial charge in [-0.3, -0.25) is 0 Å². The van der Waals surface area contributed by atoms with Crippen molar-refractivity contribution in [2.75, 3.05) is 11.1 Å². The molecular weight excluding hydrogens is 229 g/mol. The fraction of sp³-hybridized carbons (Fsp3) is 0. The number of nitrogen functional groups attached to an aromatic ring is 1. The van der Waals surface area contributed by atoms with Crippen LogP contribution in [0.1, 0.15) is 0 Å². The van der Waals surface area contributed by atoms with E-state index in [0.717, 1.165) is 0 Å². The second kappa shape index (κ2) is 4.37.